The van der Waals surface area contributed by atoms with Crippen LogP contribution in [0.2, 0.25) is 0 Å². The van der Waals surface area contributed by atoms with E-state index in [-0.39, 0.29) is 17.1 Å². The molecule has 1 aromatic heterocycles. The van der Waals surface area contributed by atoms with Gasteiger partial charge in [0.2, 0.25) is 5.76 Å². The summed E-state index contributed by atoms with van der Waals surface area (Å²) in [5, 5.41) is 0.422. The molecule has 2 aromatic carbocycles. The molecule has 3 aromatic rings. The maximum absolute atomic E-state index is 14.0. The number of amides is 1. The fraction of sp³-hybridized carbons (Fsp3) is 0.333. The molecule has 0 bridgehead atoms. The summed E-state index contributed by atoms with van der Waals surface area (Å²) in [6.45, 7) is 4.43. The second-order valence-electron chi connectivity index (χ2n) is 7.93. The van der Waals surface area contributed by atoms with E-state index in [1.807, 2.05) is 0 Å². The molecule has 3 heterocycles. The molecule has 6 nitrogen and oxygen atoms in total. The van der Waals surface area contributed by atoms with Gasteiger partial charge in [0, 0.05) is 26.2 Å². The van der Waals surface area contributed by atoms with Gasteiger partial charge >= 0.3 is 0 Å². The third kappa shape index (κ3) is 3.64. The number of benzene rings is 2. The maximum atomic E-state index is 14.0. The molecule has 160 valence electrons. The molecule has 5 rings (SSSR count). The second-order valence-corrected chi connectivity index (χ2v) is 7.93. The van der Waals surface area contributed by atoms with Crippen LogP contribution in [0.4, 0.5) is 4.39 Å². The molecule has 0 N–H and O–H groups in total. The molecule has 1 atom stereocenters. The molecule has 1 fully saturated rings. The first-order valence-corrected chi connectivity index (χ1v) is 10.6. The van der Waals surface area contributed by atoms with E-state index in [2.05, 4.69) is 4.90 Å². The van der Waals surface area contributed by atoms with Crippen molar-refractivity contribution in [2.45, 2.75) is 12.5 Å². The number of rotatable bonds is 5. The zero-order valence-electron chi connectivity index (χ0n) is 17.1. The largest absolute Gasteiger partial charge is 0.450 e. The smallest absolute Gasteiger partial charge is 0.290 e. The molecular formula is C24H23FN2O4. The quantitative estimate of drug-likeness (QED) is 0.632. The predicted molar refractivity (Wildman–Crippen MR) is 114 cm³/mol. The van der Waals surface area contributed by atoms with Crippen molar-refractivity contribution in [2.24, 2.45) is 0 Å². The van der Waals surface area contributed by atoms with Gasteiger partial charge in [0.25, 0.3) is 5.91 Å². The van der Waals surface area contributed by atoms with Crippen molar-refractivity contribution in [1.82, 2.24) is 9.80 Å². The predicted octanol–water partition coefficient (Wildman–Crippen LogP) is 3.20. The Bertz CT molecular complexity index is 1190. The summed E-state index contributed by atoms with van der Waals surface area (Å²) in [6, 6.07) is 12.3. The van der Waals surface area contributed by atoms with Gasteiger partial charge in [-0.25, -0.2) is 4.39 Å². The molecule has 1 saturated heterocycles. The normalized spacial score (nSPS) is 19.2. The van der Waals surface area contributed by atoms with Gasteiger partial charge in [-0.05, 0) is 36.2 Å². The molecule has 1 amide bonds. The average Bonchev–Trinajstić information content (AvgIpc) is 3.07. The number of hydrogen-bond acceptors (Lipinski definition) is 5. The Morgan fingerprint density at radius 1 is 1.00 bits per heavy atom. The first-order chi connectivity index (χ1) is 15.1. The van der Waals surface area contributed by atoms with E-state index in [1.165, 1.54) is 12.1 Å². The third-order valence-corrected chi connectivity index (χ3v) is 6.01. The monoisotopic (exact) mass is 422 g/mol. The maximum Gasteiger partial charge on any atom is 0.290 e. The summed E-state index contributed by atoms with van der Waals surface area (Å²) in [4.78, 5) is 30.6. The Morgan fingerprint density at radius 3 is 2.61 bits per heavy atom. The van der Waals surface area contributed by atoms with Crippen molar-refractivity contribution >= 4 is 16.9 Å². The number of ether oxygens (including phenoxy) is 1. The molecule has 0 saturated carbocycles. The van der Waals surface area contributed by atoms with E-state index in [4.69, 9.17) is 9.15 Å². The van der Waals surface area contributed by atoms with Crippen LogP contribution in [0.3, 0.4) is 0 Å². The van der Waals surface area contributed by atoms with Gasteiger partial charge in [0.1, 0.15) is 11.4 Å². The lowest BCUT2D eigenvalue weighted by Gasteiger charge is -2.29. The number of fused-ring (bicyclic) bond motifs is 2. The van der Waals surface area contributed by atoms with E-state index in [1.54, 1.807) is 41.3 Å². The van der Waals surface area contributed by atoms with Crippen LogP contribution in [0.25, 0.3) is 11.0 Å². The lowest BCUT2D eigenvalue weighted by atomic mass is 9.98. The topological polar surface area (TPSA) is 63.0 Å². The highest BCUT2D eigenvalue weighted by molar-refractivity contribution is 5.99. The molecule has 0 spiro atoms. The third-order valence-electron chi connectivity index (χ3n) is 6.01. The number of para-hydroxylation sites is 1. The van der Waals surface area contributed by atoms with Crippen molar-refractivity contribution in [3.63, 3.8) is 0 Å². The van der Waals surface area contributed by atoms with Gasteiger partial charge in [0.05, 0.1) is 30.2 Å². The summed E-state index contributed by atoms with van der Waals surface area (Å²) in [5.74, 6) is -0.671. The SMILES string of the molecule is O=C1c2oc3ccccc3c(=O)c2[C@H](c2cccc(F)c2)N1CCCN1CCOCC1. The Labute approximate surface area is 178 Å². The Morgan fingerprint density at radius 2 is 1.81 bits per heavy atom. The molecule has 31 heavy (non-hydrogen) atoms. The fourth-order valence-electron chi connectivity index (χ4n) is 4.51. The zero-order valence-corrected chi connectivity index (χ0v) is 17.1. The van der Waals surface area contributed by atoms with Gasteiger partial charge in [-0.3, -0.25) is 14.5 Å². The molecule has 2 aliphatic heterocycles. The van der Waals surface area contributed by atoms with Crippen LogP contribution >= 0.6 is 0 Å². The summed E-state index contributed by atoms with van der Waals surface area (Å²) in [7, 11) is 0. The minimum absolute atomic E-state index is 0.0596. The van der Waals surface area contributed by atoms with Crippen molar-refractivity contribution in [2.75, 3.05) is 39.4 Å². The average molecular weight is 422 g/mol. The van der Waals surface area contributed by atoms with Crippen LogP contribution in [0.1, 0.15) is 34.1 Å². The number of carbonyl (C=O) groups is 1. The molecular weight excluding hydrogens is 399 g/mol. The number of hydrogen-bond donors (Lipinski definition) is 0. The second kappa shape index (κ2) is 8.24. The van der Waals surface area contributed by atoms with Gasteiger partial charge in [-0.1, -0.05) is 24.3 Å². The Hall–Kier alpha value is -3.03. The van der Waals surface area contributed by atoms with E-state index in [9.17, 15) is 14.0 Å². The van der Waals surface area contributed by atoms with Gasteiger partial charge in [-0.2, -0.15) is 0 Å². The van der Waals surface area contributed by atoms with Crippen LogP contribution in [0, 0.1) is 5.82 Å². The number of halogens is 1. The highest BCUT2D eigenvalue weighted by atomic mass is 19.1. The van der Waals surface area contributed by atoms with Crippen molar-refractivity contribution < 1.29 is 18.3 Å². The van der Waals surface area contributed by atoms with Crippen molar-refractivity contribution in [1.29, 1.82) is 0 Å². The number of carbonyl (C=O) groups excluding carboxylic acids is 1. The van der Waals surface area contributed by atoms with E-state index in [0.29, 0.717) is 41.9 Å². The van der Waals surface area contributed by atoms with Gasteiger partial charge < -0.3 is 14.1 Å². The molecule has 0 aliphatic carbocycles. The van der Waals surface area contributed by atoms with Crippen molar-refractivity contribution in [3.8, 4) is 0 Å². The standard InChI is InChI=1S/C24H23FN2O4/c25-17-6-3-5-16(15-17)21-20-22(28)18-7-1-2-8-19(18)31-23(20)24(29)27(21)10-4-9-26-11-13-30-14-12-26/h1-3,5-8,15,21H,4,9-14H2/t21-/m0/s1. The van der Waals surface area contributed by atoms with Gasteiger partial charge in [-0.15, -0.1) is 0 Å². The Kier molecular flexibility index (Phi) is 5.29. The fourth-order valence-corrected chi connectivity index (χ4v) is 4.51. The summed E-state index contributed by atoms with van der Waals surface area (Å²) in [6.07, 6.45) is 0.735. The van der Waals surface area contributed by atoms with Crippen LogP contribution < -0.4 is 5.43 Å². The van der Waals surface area contributed by atoms with Gasteiger partial charge in [0.15, 0.2) is 5.43 Å². The molecule has 0 unspecified atom stereocenters. The highest BCUT2D eigenvalue weighted by Gasteiger charge is 2.42. The van der Waals surface area contributed by atoms with Crippen LogP contribution in [-0.4, -0.2) is 55.1 Å². The zero-order chi connectivity index (χ0) is 21.4. The molecule has 0 radical (unpaired) electrons. The minimum atomic E-state index is -0.663. The van der Waals surface area contributed by atoms with Crippen molar-refractivity contribution in [3.05, 3.63) is 81.5 Å². The van der Waals surface area contributed by atoms with Crippen LogP contribution in [0.15, 0.2) is 57.7 Å². The molecule has 7 heteroatoms. The first-order valence-electron chi connectivity index (χ1n) is 10.6. The van der Waals surface area contributed by atoms with E-state index in [0.717, 1.165) is 26.1 Å². The Balaban J connectivity index is 1.53. The summed E-state index contributed by atoms with van der Waals surface area (Å²) < 4.78 is 25.3. The first kappa shape index (κ1) is 19.9. The molecule has 2 aliphatic rings. The van der Waals surface area contributed by atoms with Crippen LogP contribution in [-0.2, 0) is 4.74 Å². The number of morpholine rings is 1. The van der Waals surface area contributed by atoms with Crippen LogP contribution in [0.5, 0.6) is 0 Å². The minimum Gasteiger partial charge on any atom is -0.450 e. The lowest BCUT2D eigenvalue weighted by Crippen LogP contribution is -2.38. The highest BCUT2D eigenvalue weighted by Crippen LogP contribution is 2.38. The summed E-state index contributed by atoms with van der Waals surface area (Å²) in [5.41, 5.74) is 1.00. The summed E-state index contributed by atoms with van der Waals surface area (Å²) >= 11 is 0. The van der Waals surface area contributed by atoms with E-state index >= 15 is 0 Å². The van der Waals surface area contributed by atoms with E-state index < -0.39 is 11.9 Å². The number of nitrogens with zero attached hydrogens (tertiary/aromatic N) is 2. The lowest BCUT2D eigenvalue weighted by molar-refractivity contribution is 0.0353.